The average Bonchev–Trinajstić information content (AvgIpc) is 2.35. The second-order valence-electron chi connectivity index (χ2n) is 6.06. The highest BCUT2D eigenvalue weighted by Crippen LogP contribution is 2.31. The zero-order valence-electron chi connectivity index (χ0n) is 12.7. The van der Waals surface area contributed by atoms with Gasteiger partial charge in [0.25, 0.3) is 0 Å². The molecule has 0 aromatic rings. The van der Waals surface area contributed by atoms with E-state index in [9.17, 15) is 9.59 Å². The van der Waals surface area contributed by atoms with Crippen molar-refractivity contribution < 1.29 is 14.7 Å². The third-order valence-corrected chi connectivity index (χ3v) is 4.12. The molecule has 116 valence electrons. The van der Waals surface area contributed by atoms with E-state index < -0.39 is 11.5 Å². The molecular weight excluding hydrogens is 258 g/mol. The molecule has 1 unspecified atom stereocenters. The molecular formula is C14H27N3O3. The maximum absolute atomic E-state index is 12.0. The van der Waals surface area contributed by atoms with Gasteiger partial charge >= 0.3 is 12.0 Å². The van der Waals surface area contributed by atoms with Gasteiger partial charge < -0.3 is 20.6 Å². The zero-order chi connectivity index (χ0) is 15.2. The smallest absolute Gasteiger partial charge is 0.315 e. The van der Waals surface area contributed by atoms with Crippen LogP contribution in [0.1, 0.15) is 45.4 Å². The second kappa shape index (κ2) is 7.47. The van der Waals surface area contributed by atoms with Gasteiger partial charge in [0.05, 0.1) is 12.0 Å². The van der Waals surface area contributed by atoms with Gasteiger partial charge in [0.15, 0.2) is 0 Å². The van der Waals surface area contributed by atoms with E-state index >= 15 is 0 Å². The molecule has 1 rings (SSSR count). The molecule has 1 atom stereocenters. The summed E-state index contributed by atoms with van der Waals surface area (Å²) in [6, 6.07) is -0.0237. The number of hydrogen-bond donors (Lipinski definition) is 3. The highest BCUT2D eigenvalue weighted by molar-refractivity contribution is 5.76. The zero-order valence-corrected chi connectivity index (χ0v) is 12.7. The average molecular weight is 285 g/mol. The first kappa shape index (κ1) is 16.8. The number of carboxylic acids is 1. The summed E-state index contributed by atoms with van der Waals surface area (Å²) in [5.74, 6) is -0.853. The lowest BCUT2D eigenvalue weighted by Crippen LogP contribution is -2.55. The summed E-state index contributed by atoms with van der Waals surface area (Å²) in [7, 11) is 3.91. The quantitative estimate of drug-likeness (QED) is 0.689. The number of carboxylic acid groups (broad SMARTS) is 1. The van der Waals surface area contributed by atoms with Crippen molar-refractivity contribution in [1.82, 2.24) is 15.5 Å². The van der Waals surface area contributed by atoms with Crippen molar-refractivity contribution in [2.45, 2.75) is 57.0 Å². The van der Waals surface area contributed by atoms with E-state index in [1.54, 1.807) is 0 Å². The molecule has 0 aromatic heterocycles. The normalized spacial score (nSPS) is 19.4. The van der Waals surface area contributed by atoms with E-state index in [0.29, 0.717) is 6.54 Å². The number of urea groups is 1. The Bertz CT molecular complexity index is 339. The van der Waals surface area contributed by atoms with Gasteiger partial charge in [-0.1, -0.05) is 19.3 Å². The third-order valence-electron chi connectivity index (χ3n) is 4.12. The molecule has 0 heterocycles. The minimum Gasteiger partial charge on any atom is -0.481 e. The maximum Gasteiger partial charge on any atom is 0.315 e. The summed E-state index contributed by atoms with van der Waals surface area (Å²) in [5.41, 5.74) is -0.574. The highest BCUT2D eigenvalue weighted by Gasteiger charge is 2.35. The van der Waals surface area contributed by atoms with Crippen LogP contribution in [-0.2, 0) is 4.79 Å². The van der Waals surface area contributed by atoms with E-state index in [0.717, 1.165) is 32.1 Å². The number of nitrogens with one attached hydrogen (secondary N) is 2. The minimum absolute atomic E-state index is 0.00363. The van der Waals surface area contributed by atoms with Crippen molar-refractivity contribution in [2.75, 3.05) is 20.6 Å². The first-order valence-corrected chi connectivity index (χ1v) is 7.29. The number of carbonyl (C=O) groups is 2. The Morgan fingerprint density at radius 1 is 1.25 bits per heavy atom. The Balaban J connectivity index is 2.52. The van der Waals surface area contributed by atoms with Gasteiger partial charge in [-0.25, -0.2) is 4.79 Å². The number of carbonyl (C=O) groups excluding carboxylic acids is 1. The minimum atomic E-state index is -0.853. The molecule has 0 aromatic carbocycles. The maximum atomic E-state index is 12.0. The third kappa shape index (κ3) is 5.36. The predicted molar refractivity (Wildman–Crippen MR) is 77.8 cm³/mol. The van der Waals surface area contributed by atoms with E-state index in [2.05, 4.69) is 10.6 Å². The fourth-order valence-electron chi connectivity index (χ4n) is 2.57. The Morgan fingerprint density at radius 2 is 1.85 bits per heavy atom. The van der Waals surface area contributed by atoms with Crippen molar-refractivity contribution in [3.05, 3.63) is 0 Å². The van der Waals surface area contributed by atoms with Crippen LogP contribution in [0.25, 0.3) is 0 Å². The van der Waals surface area contributed by atoms with Crippen LogP contribution >= 0.6 is 0 Å². The summed E-state index contributed by atoms with van der Waals surface area (Å²) >= 11 is 0. The molecule has 20 heavy (non-hydrogen) atoms. The van der Waals surface area contributed by atoms with Crippen LogP contribution < -0.4 is 10.6 Å². The van der Waals surface area contributed by atoms with Crippen LogP contribution in [0, 0.1) is 0 Å². The van der Waals surface area contributed by atoms with E-state index in [4.69, 9.17) is 5.11 Å². The van der Waals surface area contributed by atoms with Crippen molar-refractivity contribution in [1.29, 1.82) is 0 Å². The van der Waals surface area contributed by atoms with Gasteiger partial charge in [0.1, 0.15) is 0 Å². The summed E-state index contributed by atoms with van der Waals surface area (Å²) in [6.45, 7) is 2.57. The molecule has 1 aliphatic carbocycles. The van der Waals surface area contributed by atoms with Crippen LogP contribution in [0.5, 0.6) is 0 Å². The van der Waals surface area contributed by atoms with Crippen LogP contribution in [0.3, 0.4) is 0 Å². The molecule has 6 nitrogen and oxygen atoms in total. The standard InChI is InChI=1S/C14H27N3O3/c1-11(17(2)3)10-15-13(20)16-14(9-12(18)19)7-5-4-6-8-14/h11H,4-10H2,1-3H3,(H,18,19)(H2,15,16,20). The molecule has 2 amide bonds. The highest BCUT2D eigenvalue weighted by atomic mass is 16.4. The van der Waals surface area contributed by atoms with Gasteiger partial charge in [0.2, 0.25) is 0 Å². The first-order valence-electron chi connectivity index (χ1n) is 7.29. The van der Waals surface area contributed by atoms with Gasteiger partial charge in [-0.15, -0.1) is 0 Å². The Kier molecular flexibility index (Phi) is 6.26. The van der Waals surface area contributed by atoms with E-state index in [-0.39, 0.29) is 18.5 Å². The number of hydrogen-bond acceptors (Lipinski definition) is 3. The number of rotatable bonds is 6. The van der Waals surface area contributed by atoms with Crippen LogP contribution in [0.15, 0.2) is 0 Å². The predicted octanol–water partition coefficient (Wildman–Crippen LogP) is 1.41. The molecule has 0 aliphatic heterocycles. The Morgan fingerprint density at radius 3 is 2.35 bits per heavy atom. The van der Waals surface area contributed by atoms with Gasteiger partial charge in [-0.2, -0.15) is 0 Å². The van der Waals surface area contributed by atoms with Crippen LogP contribution in [0.2, 0.25) is 0 Å². The van der Waals surface area contributed by atoms with Gasteiger partial charge in [-0.3, -0.25) is 4.79 Å². The van der Waals surface area contributed by atoms with Gasteiger partial charge in [0, 0.05) is 12.6 Å². The molecule has 0 spiro atoms. The number of likely N-dealkylation sites (N-methyl/N-ethyl adjacent to an activating group) is 1. The van der Waals surface area contributed by atoms with Crippen molar-refractivity contribution in [2.24, 2.45) is 0 Å². The van der Waals surface area contributed by atoms with Crippen molar-refractivity contribution >= 4 is 12.0 Å². The van der Waals surface area contributed by atoms with Crippen LogP contribution in [0.4, 0.5) is 4.79 Å². The summed E-state index contributed by atoms with van der Waals surface area (Å²) in [6.07, 6.45) is 4.56. The lowest BCUT2D eigenvalue weighted by atomic mass is 9.79. The SMILES string of the molecule is CC(CNC(=O)NC1(CC(=O)O)CCCCC1)N(C)C. The Labute approximate surface area is 120 Å². The molecule has 0 bridgehead atoms. The van der Waals surface area contributed by atoms with Crippen LogP contribution in [-0.4, -0.2) is 54.2 Å². The fourth-order valence-corrected chi connectivity index (χ4v) is 2.57. The molecule has 0 radical (unpaired) electrons. The first-order chi connectivity index (χ1) is 9.34. The van der Waals surface area contributed by atoms with E-state index in [1.165, 1.54) is 0 Å². The van der Waals surface area contributed by atoms with Crippen molar-refractivity contribution in [3.63, 3.8) is 0 Å². The molecule has 1 aliphatic rings. The fraction of sp³-hybridized carbons (Fsp3) is 0.857. The monoisotopic (exact) mass is 285 g/mol. The molecule has 3 N–H and O–H groups in total. The largest absolute Gasteiger partial charge is 0.481 e. The molecule has 0 saturated heterocycles. The number of amides is 2. The lowest BCUT2D eigenvalue weighted by Gasteiger charge is -2.37. The van der Waals surface area contributed by atoms with Gasteiger partial charge in [-0.05, 0) is 33.9 Å². The summed E-state index contributed by atoms with van der Waals surface area (Å²) < 4.78 is 0. The number of nitrogens with zero attached hydrogens (tertiary/aromatic N) is 1. The molecule has 1 saturated carbocycles. The van der Waals surface area contributed by atoms with E-state index in [1.807, 2.05) is 25.9 Å². The second-order valence-corrected chi connectivity index (χ2v) is 6.06. The summed E-state index contributed by atoms with van der Waals surface area (Å²) in [4.78, 5) is 25.0. The lowest BCUT2D eigenvalue weighted by molar-refractivity contribution is -0.139. The van der Waals surface area contributed by atoms with Crippen molar-refractivity contribution in [3.8, 4) is 0 Å². The Hall–Kier alpha value is -1.30. The topological polar surface area (TPSA) is 81.7 Å². The number of aliphatic carboxylic acids is 1. The summed E-state index contributed by atoms with van der Waals surface area (Å²) in [5, 5.41) is 14.8. The molecule has 6 heteroatoms. The molecule has 1 fully saturated rings.